The second kappa shape index (κ2) is 6.23. The summed E-state index contributed by atoms with van der Waals surface area (Å²) >= 11 is 5.95. The first-order valence-electron chi connectivity index (χ1n) is 6.99. The molecule has 1 atom stereocenters. The molecule has 0 radical (unpaired) electrons. The van der Waals surface area contributed by atoms with Gasteiger partial charge in [-0.3, -0.25) is 0 Å². The molecule has 1 aliphatic rings. The SMILES string of the molecule is O=C(O)c1cccc(N2CCC(Oc3cccc(Cl)c3)C2)n1. The van der Waals surface area contributed by atoms with Crippen LogP contribution in [0.1, 0.15) is 16.9 Å². The normalized spacial score (nSPS) is 17.5. The average molecular weight is 319 g/mol. The number of aromatic carboxylic acids is 1. The average Bonchev–Trinajstić information content (AvgIpc) is 2.96. The molecule has 1 aromatic heterocycles. The summed E-state index contributed by atoms with van der Waals surface area (Å²) in [6.07, 6.45) is 0.889. The maximum absolute atomic E-state index is 11.0. The van der Waals surface area contributed by atoms with Crippen molar-refractivity contribution in [1.29, 1.82) is 0 Å². The van der Waals surface area contributed by atoms with E-state index >= 15 is 0 Å². The highest BCUT2D eigenvalue weighted by Gasteiger charge is 2.25. The Morgan fingerprint density at radius 2 is 2.14 bits per heavy atom. The number of nitrogens with zero attached hydrogens (tertiary/aromatic N) is 2. The summed E-state index contributed by atoms with van der Waals surface area (Å²) in [5.74, 6) is 0.386. The van der Waals surface area contributed by atoms with Gasteiger partial charge in [0.05, 0.1) is 6.54 Å². The number of ether oxygens (including phenoxy) is 1. The molecule has 0 saturated carbocycles. The van der Waals surface area contributed by atoms with Gasteiger partial charge >= 0.3 is 5.97 Å². The summed E-state index contributed by atoms with van der Waals surface area (Å²) in [5, 5.41) is 9.65. The van der Waals surface area contributed by atoms with Gasteiger partial charge in [-0.15, -0.1) is 0 Å². The van der Waals surface area contributed by atoms with Crippen LogP contribution in [0.2, 0.25) is 5.02 Å². The molecule has 0 aliphatic carbocycles. The molecular formula is C16H15ClN2O3. The van der Waals surface area contributed by atoms with Crippen molar-refractivity contribution >= 4 is 23.4 Å². The van der Waals surface area contributed by atoms with Gasteiger partial charge < -0.3 is 14.7 Å². The number of carbonyl (C=O) groups is 1. The van der Waals surface area contributed by atoms with Crippen LogP contribution >= 0.6 is 11.6 Å². The van der Waals surface area contributed by atoms with Crippen molar-refractivity contribution in [2.75, 3.05) is 18.0 Å². The van der Waals surface area contributed by atoms with Gasteiger partial charge in [0.15, 0.2) is 5.69 Å². The summed E-state index contributed by atoms with van der Waals surface area (Å²) in [5.41, 5.74) is 0.0525. The molecule has 1 N–H and O–H groups in total. The van der Waals surface area contributed by atoms with Gasteiger partial charge in [-0.2, -0.15) is 0 Å². The van der Waals surface area contributed by atoms with E-state index in [4.69, 9.17) is 21.4 Å². The zero-order chi connectivity index (χ0) is 15.5. The van der Waals surface area contributed by atoms with Gasteiger partial charge in [-0.1, -0.05) is 23.7 Å². The quantitative estimate of drug-likeness (QED) is 0.938. The topological polar surface area (TPSA) is 62.7 Å². The van der Waals surface area contributed by atoms with Crippen LogP contribution in [0.15, 0.2) is 42.5 Å². The van der Waals surface area contributed by atoms with E-state index < -0.39 is 5.97 Å². The minimum Gasteiger partial charge on any atom is -0.488 e. The van der Waals surface area contributed by atoms with Gasteiger partial charge in [0.25, 0.3) is 0 Å². The highest BCUT2D eigenvalue weighted by molar-refractivity contribution is 6.30. The van der Waals surface area contributed by atoms with E-state index in [0.29, 0.717) is 17.4 Å². The smallest absolute Gasteiger partial charge is 0.354 e. The molecule has 0 amide bonds. The van der Waals surface area contributed by atoms with Crippen molar-refractivity contribution in [3.8, 4) is 5.75 Å². The molecule has 1 saturated heterocycles. The number of hydrogen-bond acceptors (Lipinski definition) is 4. The minimum absolute atomic E-state index is 0.0359. The Bertz CT molecular complexity index is 693. The van der Waals surface area contributed by atoms with Crippen LogP contribution in [-0.4, -0.2) is 35.3 Å². The van der Waals surface area contributed by atoms with Gasteiger partial charge in [-0.05, 0) is 30.3 Å². The van der Waals surface area contributed by atoms with Crippen molar-refractivity contribution in [3.63, 3.8) is 0 Å². The Balaban J connectivity index is 1.67. The zero-order valence-corrected chi connectivity index (χ0v) is 12.5. The fraction of sp³-hybridized carbons (Fsp3) is 0.250. The van der Waals surface area contributed by atoms with Crippen molar-refractivity contribution in [3.05, 3.63) is 53.2 Å². The number of halogens is 1. The first-order chi connectivity index (χ1) is 10.6. The maximum atomic E-state index is 11.0. The highest BCUT2D eigenvalue weighted by atomic mass is 35.5. The predicted octanol–water partition coefficient (Wildman–Crippen LogP) is 3.09. The Morgan fingerprint density at radius 1 is 1.32 bits per heavy atom. The molecule has 0 spiro atoms. The van der Waals surface area contributed by atoms with Crippen LogP contribution < -0.4 is 9.64 Å². The van der Waals surface area contributed by atoms with Crippen molar-refractivity contribution in [1.82, 2.24) is 4.98 Å². The molecule has 2 aromatic rings. The van der Waals surface area contributed by atoms with Gasteiger partial charge in [0.2, 0.25) is 0 Å². The third kappa shape index (κ3) is 3.31. The van der Waals surface area contributed by atoms with E-state index in [1.54, 1.807) is 18.2 Å². The molecule has 2 heterocycles. The lowest BCUT2D eigenvalue weighted by molar-refractivity contribution is 0.0690. The number of aromatic nitrogens is 1. The summed E-state index contributed by atoms with van der Waals surface area (Å²) in [6, 6.07) is 12.3. The van der Waals surface area contributed by atoms with Gasteiger partial charge in [-0.25, -0.2) is 9.78 Å². The fourth-order valence-corrected chi connectivity index (χ4v) is 2.66. The lowest BCUT2D eigenvalue weighted by atomic mass is 10.3. The fourth-order valence-electron chi connectivity index (χ4n) is 2.48. The molecule has 6 heteroatoms. The van der Waals surface area contributed by atoms with Crippen molar-refractivity contribution in [2.45, 2.75) is 12.5 Å². The van der Waals surface area contributed by atoms with E-state index in [2.05, 4.69) is 4.98 Å². The lowest BCUT2D eigenvalue weighted by Crippen LogP contribution is -2.25. The summed E-state index contributed by atoms with van der Waals surface area (Å²) in [7, 11) is 0. The monoisotopic (exact) mass is 318 g/mol. The van der Waals surface area contributed by atoms with E-state index in [9.17, 15) is 4.79 Å². The van der Waals surface area contributed by atoms with Crippen LogP contribution in [0.5, 0.6) is 5.75 Å². The molecule has 3 rings (SSSR count). The molecule has 22 heavy (non-hydrogen) atoms. The molecule has 5 nitrogen and oxygen atoms in total. The third-order valence-electron chi connectivity index (χ3n) is 3.52. The van der Waals surface area contributed by atoms with Crippen LogP contribution in [0.3, 0.4) is 0 Å². The molecule has 1 aliphatic heterocycles. The number of carboxylic acid groups (broad SMARTS) is 1. The van der Waals surface area contributed by atoms with E-state index in [1.165, 1.54) is 6.07 Å². The Labute approximate surface area is 133 Å². The standard InChI is InChI=1S/C16H15ClN2O3/c17-11-3-1-4-12(9-11)22-13-7-8-19(10-13)15-6-2-5-14(18-15)16(20)21/h1-6,9,13H,7-8,10H2,(H,20,21). The Hall–Kier alpha value is -2.27. The largest absolute Gasteiger partial charge is 0.488 e. The molecule has 1 aromatic carbocycles. The van der Waals surface area contributed by atoms with Crippen LogP contribution in [0.25, 0.3) is 0 Å². The number of benzene rings is 1. The molecule has 114 valence electrons. The molecular weight excluding hydrogens is 304 g/mol. The van der Waals surface area contributed by atoms with E-state index in [-0.39, 0.29) is 11.8 Å². The zero-order valence-electron chi connectivity index (χ0n) is 11.8. The summed E-state index contributed by atoms with van der Waals surface area (Å²) < 4.78 is 5.92. The molecule has 1 unspecified atom stereocenters. The molecule has 0 bridgehead atoms. The van der Waals surface area contributed by atoms with E-state index in [1.807, 2.05) is 23.1 Å². The third-order valence-corrected chi connectivity index (χ3v) is 3.76. The van der Waals surface area contributed by atoms with E-state index in [0.717, 1.165) is 18.7 Å². The molecule has 1 fully saturated rings. The van der Waals surface area contributed by atoms with Crippen LogP contribution in [-0.2, 0) is 0 Å². The van der Waals surface area contributed by atoms with Gasteiger partial charge in [0.1, 0.15) is 17.7 Å². The highest BCUT2D eigenvalue weighted by Crippen LogP contribution is 2.24. The van der Waals surface area contributed by atoms with Crippen molar-refractivity contribution < 1.29 is 14.6 Å². The maximum Gasteiger partial charge on any atom is 0.354 e. The first-order valence-corrected chi connectivity index (χ1v) is 7.37. The van der Waals surface area contributed by atoms with Gasteiger partial charge in [0, 0.05) is 18.0 Å². The van der Waals surface area contributed by atoms with Crippen LogP contribution in [0.4, 0.5) is 5.82 Å². The number of carboxylic acids is 1. The number of pyridine rings is 1. The van der Waals surface area contributed by atoms with Crippen LogP contribution in [0, 0.1) is 0 Å². The minimum atomic E-state index is -1.02. The Morgan fingerprint density at radius 3 is 2.91 bits per heavy atom. The Kier molecular flexibility index (Phi) is 4.15. The first kappa shape index (κ1) is 14.7. The second-order valence-corrected chi connectivity index (χ2v) is 5.55. The summed E-state index contributed by atoms with van der Waals surface area (Å²) in [6.45, 7) is 1.45. The number of rotatable bonds is 4. The lowest BCUT2D eigenvalue weighted by Gasteiger charge is -2.18. The predicted molar refractivity (Wildman–Crippen MR) is 83.9 cm³/mol. The second-order valence-electron chi connectivity index (χ2n) is 5.12. The van der Waals surface area contributed by atoms with Crippen molar-refractivity contribution in [2.24, 2.45) is 0 Å². The summed E-state index contributed by atoms with van der Waals surface area (Å²) in [4.78, 5) is 17.2. The number of anilines is 1. The number of hydrogen-bond donors (Lipinski definition) is 1.